The Morgan fingerprint density at radius 2 is 1.63 bits per heavy atom. The summed E-state index contributed by atoms with van der Waals surface area (Å²) in [6, 6.07) is 19.6. The summed E-state index contributed by atoms with van der Waals surface area (Å²) in [5.74, 6) is -0.313. The fraction of sp³-hybridized carbons (Fsp3) is 0.435. The highest BCUT2D eigenvalue weighted by Gasteiger charge is 2.52. The molecule has 2 aromatic rings. The molecule has 0 aromatic heterocycles. The summed E-state index contributed by atoms with van der Waals surface area (Å²) < 4.78 is 23.9. The maximum atomic E-state index is 12.0. The molecule has 2 saturated heterocycles. The van der Waals surface area contributed by atoms with Gasteiger partial charge in [0.15, 0.2) is 0 Å². The van der Waals surface area contributed by atoms with Crippen LogP contribution in [0.1, 0.15) is 24.5 Å². The first-order valence-corrected chi connectivity index (χ1v) is 10.3. The number of hydrogen-bond donors (Lipinski definition) is 0. The highest BCUT2D eigenvalue weighted by atomic mass is 16.8. The highest BCUT2D eigenvalue weighted by molar-refractivity contribution is 5.71. The second kappa shape index (κ2) is 10.1. The Hall–Kier alpha value is -2.29. The van der Waals surface area contributed by atoms with Gasteiger partial charge < -0.3 is 23.8 Å². The third kappa shape index (κ3) is 5.06. The van der Waals surface area contributed by atoms with Gasteiger partial charge in [-0.15, -0.1) is 0 Å². The molecule has 0 aliphatic carbocycles. The molecule has 0 unspecified atom stereocenters. The maximum Gasteiger partial charge on any atom is 0.327 e. The van der Waals surface area contributed by atoms with Gasteiger partial charge in [0.25, 0.3) is 6.41 Å². The van der Waals surface area contributed by atoms with Crippen molar-refractivity contribution in [1.82, 2.24) is 5.06 Å². The van der Waals surface area contributed by atoms with Crippen LogP contribution >= 0.6 is 0 Å². The Labute approximate surface area is 176 Å². The monoisotopic (exact) mass is 413 g/mol. The third-order valence-corrected chi connectivity index (χ3v) is 5.14. The first-order valence-electron chi connectivity index (χ1n) is 10.3. The predicted molar refractivity (Wildman–Crippen MR) is 108 cm³/mol. The lowest BCUT2D eigenvalue weighted by atomic mass is 10.0. The van der Waals surface area contributed by atoms with E-state index in [1.807, 2.05) is 67.6 Å². The van der Waals surface area contributed by atoms with E-state index in [2.05, 4.69) is 0 Å². The second-order valence-corrected chi connectivity index (χ2v) is 7.29. The van der Waals surface area contributed by atoms with Gasteiger partial charge in [0.2, 0.25) is 0 Å². The van der Waals surface area contributed by atoms with Crippen LogP contribution in [0, 0.1) is 0 Å². The number of carbonyl (C=O) groups is 1. The van der Waals surface area contributed by atoms with Crippen molar-refractivity contribution in [3.8, 4) is 0 Å². The molecule has 2 heterocycles. The molecule has 30 heavy (non-hydrogen) atoms. The van der Waals surface area contributed by atoms with Crippen molar-refractivity contribution in [3.63, 3.8) is 0 Å². The van der Waals surface area contributed by atoms with E-state index >= 15 is 0 Å². The minimum Gasteiger partial charge on any atom is -0.374 e. The van der Waals surface area contributed by atoms with Crippen molar-refractivity contribution >= 4 is 5.97 Å². The first kappa shape index (κ1) is 21.0. The van der Waals surface area contributed by atoms with Gasteiger partial charge in [-0.25, -0.2) is 0 Å². The van der Waals surface area contributed by atoms with Crippen LogP contribution in [0.3, 0.4) is 0 Å². The Kier molecular flexibility index (Phi) is 7.09. The zero-order valence-electron chi connectivity index (χ0n) is 17.0. The molecule has 0 saturated carbocycles. The smallest absolute Gasteiger partial charge is 0.327 e. The highest BCUT2D eigenvalue weighted by Crippen LogP contribution is 2.33. The SMILES string of the molecule is CCO[C@H]1O[C@H](COCc2ccccc2)[C@@H](OCc2ccccc2)[C@@H]2CC(=O)ON12. The quantitative estimate of drug-likeness (QED) is 0.626. The summed E-state index contributed by atoms with van der Waals surface area (Å²) in [5.41, 5.74) is 2.13. The van der Waals surface area contributed by atoms with E-state index in [-0.39, 0.29) is 18.4 Å². The molecule has 2 fully saturated rings. The van der Waals surface area contributed by atoms with Crippen LogP contribution in [0.15, 0.2) is 60.7 Å². The number of fused-ring (bicyclic) bond motifs is 1. The number of rotatable bonds is 9. The van der Waals surface area contributed by atoms with E-state index in [1.54, 1.807) is 0 Å². The minimum absolute atomic E-state index is 0.224. The van der Waals surface area contributed by atoms with Gasteiger partial charge in [0.1, 0.15) is 12.2 Å². The Balaban J connectivity index is 1.46. The summed E-state index contributed by atoms with van der Waals surface area (Å²) in [4.78, 5) is 17.4. The predicted octanol–water partition coefficient (Wildman–Crippen LogP) is 3.04. The number of hydrogen-bond acceptors (Lipinski definition) is 7. The first-order chi connectivity index (χ1) is 14.7. The normalized spacial score (nSPS) is 26.4. The average Bonchev–Trinajstić information content (AvgIpc) is 3.16. The summed E-state index contributed by atoms with van der Waals surface area (Å²) in [7, 11) is 0. The molecular weight excluding hydrogens is 386 g/mol. The molecule has 2 aromatic carbocycles. The van der Waals surface area contributed by atoms with Crippen molar-refractivity contribution in [2.24, 2.45) is 0 Å². The lowest BCUT2D eigenvalue weighted by Crippen LogP contribution is -2.60. The summed E-state index contributed by atoms with van der Waals surface area (Å²) in [6.07, 6.45) is -1.34. The van der Waals surface area contributed by atoms with E-state index in [1.165, 1.54) is 5.06 Å². The molecule has 7 heteroatoms. The summed E-state index contributed by atoms with van der Waals surface area (Å²) in [6.45, 7) is 3.49. The number of benzene rings is 2. The molecule has 2 aliphatic rings. The van der Waals surface area contributed by atoms with E-state index in [9.17, 15) is 4.79 Å². The van der Waals surface area contributed by atoms with Crippen LogP contribution in [-0.2, 0) is 41.8 Å². The van der Waals surface area contributed by atoms with Gasteiger partial charge in [0.05, 0.1) is 32.3 Å². The zero-order valence-corrected chi connectivity index (χ0v) is 17.0. The second-order valence-electron chi connectivity index (χ2n) is 7.29. The maximum absolute atomic E-state index is 12.0. The molecule has 7 nitrogen and oxygen atoms in total. The van der Waals surface area contributed by atoms with Crippen molar-refractivity contribution in [2.75, 3.05) is 13.2 Å². The zero-order chi connectivity index (χ0) is 20.8. The van der Waals surface area contributed by atoms with Gasteiger partial charge in [-0.05, 0) is 18.1 Å². The molecule has 0 spiro atoms. The lowest BCUT2D eigenvalue weighted by Gasteiger charge is -2.43. The van der Waals surface area contributed by atoms with Gasteiger partial charge in [-0.1, -0.05) is 65.7 Å². The van der Waals surface area contributed by atoms with Crippen molar-refractivity contribution in [2.45, 2.75) is 51.2 Å². The van der Waals surface area contributed by atoms with Gasteiger partial charge >= 0.3 is 5.97 Å². The topological polar surface area (TPSA) is 66.5 Å². The molecular formula is C23H27NO6. The third-order valence-electron chi connectivity index (χ3n) is 5.14. The molecule has 2 aliphatic heterocycles. The van der Waals surface area contributed by atoms with Crippen LogP contribution < -0.4 is 0 Å². The molecule has 0 amide bonds. The Bertz CT molecular complexity index is 802. The summed E-state index contributed by atoms with van der Waals surface area (Å²) >= 11 is 0. The van der Waals surface area contributed by atoms with E-state index in [0.29, 0.717) is 26.4 Å². The van der Waals surface area contributed by atoms with Crippen LogP contribution in [0.25, 0.3) is 0 Å². The van der Waals surface area contributed by atoms with Crippen LogP contribution in [0.4, 0.5) is 0 Å². The molecule has 4 rings (SSSR count). The van der Waals surface area contributed by atoms with E-state index < -0.39 is 18.6 Å². The standard InChI is InChI=1S/C23H27NO6/c1-2-27-23-24-19(13-21(25)30-24)22(28-15-18-11-7-4-8-12-18)20(29-23)16-26-14-17-9-5-3-6-10-17/h3-12,19-20,22-23H,2,13-16H2,1H3/t19-,20+,22-,23-/m0/s1. The van der Waals surface area contributed by atoms with Gasteiger partial charge in [-0.3, -0.25) is 4.79 Å². The number of ether oxygens (including phenoxy) is 4. The lowest BCUT2D eigenvalue weighted by molar-refractivity contribution is -0.380. The van der Waals surface area contributed by atoms with Crippen molar-refractivity contribution in [3.05, 3.63) is 71.8 Å². The molecule has 0 radical (unpaired) electrons. The van der Waals surface area contributed by atoms with Crippen LogP contribution in [0.2, 0.25) is 0 Å². The largest absolute Gasteiger partial charge is 0.374 e. The van der Waals surface area contributed by atoms with E-state index in [0.717, 1.165) is 11.1 Å². The number of nitrogens with zero attached hydrogens (tertiary/aromatic N) is 1. The fourth-order valence-corrected chi connectivity index (χ4v) is 3.72. The molecule has 0 N–H and O–H groups in total. The fourth-order valence-electron chi connectivity index (χ4n) is 3.72. The van der Waals surface area contributed by atoms with Crippen LogP contribution in [0.5, 0.6) is 0 Å². The Morgan fingerprint density at radius 3 is 2.30 bits per heavy atom. The minimum atomic E-state index is -0.770. The van der Waals surface area contributed by atoms with Crippen LogP contribution in [-0.4, -0.2) is 48.9 Å². The number of hydroxylamine groups is 2. The Morgan fingerprint density at radius 1 is 0.967 bits per heavy atom. The molecule has 4 atom stereocenters. The van der Waals surface area contributed by atoms with Crippen molar-refractivity contribution in [1.29, 1.82) is 0 Å². The van der Waals surface area contributed by atoms with E-state index in [4.69, 9.17) is 23.8 Å². The average molecular weight is 413 g/mol. The number of carbonyl (C=O) groups excluding carboxylic acids is 1. The van der Waals surface area contributed by atoms with Crippen molar-refractivity contribution < 1.29 is 28.6 Å². The van der Waals surface area contributed by atoms with Gasteiger partial charge in [-0.2, -0.15) is 0 Å². The molecule has 160 valence electrons. The summed E-state index contributed by atoms with van der Waals surface area (Å²) in [5, 5.41) is 1.48. The van der Waals surface area contributed by atoms with Gasteiger partial charge in [0, 0.05) is 6.61 Å². The molecule has 0 bridgehead atoms.